The molecule has 0 aromatic carbocycles. The third-order valence-electron chi connectivity index (χ3n) is 1.78. The summed E-state index contributed by atoms with van der Waals surface area (Å²) in [6.45, 7) is 5.45. The highest BCUT2D eigenvalue weighted by Gasteiger charge is 1.98. The topological polar surface area (TPSA) is 12.9 Å². The van der Waals surface area contributed by atoms with Gasteiger partial charge in [-0.1, -0.05) is 18.7 Å². The van der Waals surface area contributed by atoms with Gasteiger partial charge in [0, 0.05) is 10.3 Å². The Morgan fingerprint density at radius 2 is 2.54 bits per heavy atom. The van der Waals surface area contributed by atoms with E-state index >= 15 is 0 Å². The summed E-state index contributed by atoms with van der Waals surface area (Å²) in [5.74, 6) is 0. The molecule has 1 heteroatoms. The molecule has 0 aliphatic rings. The molecule has 0 saturated heterocycles. The summed E-state index contributed by atoms with van der Waals surface area (Å²) in [6, 6.07) is 3.28. The Bertz CT molecular complexity index is 376. The zero-order chi connectivity index (χ0) is 12.2. The maximum atomic E-state index is 7.22. The number of rotatable bonds is 4. The van der Waals surface area contributed by atoms with Gasteiger partial charge in [-0.15, -0.1) is 6.58 Å². The van der Waals surface area contributed by atoms with Crippen molar-refractivity contribution in [2.24, 2.45) is 0 Å². The van der Waals surface area contributed by atoms with Crippen LogP contribution in [0.3, 0.4) is 0 Å². The zero-order valence-electron chi connectivity index (χ0n) is 10.6. The Labute approximate surface area is 84.0 Å². The second-order valence-electron chi connectivity index (χ2n) is 2.86. The number of aryl methyl sites for hydroxylation is 1. The maximum Gasteiger partial charge on any atom is 0.0655 e. The summed E-state index contributed by atoms with van der Waals surface area (Å²) in [4.78, 5) is 4.10. The van der Waals surface area contributed by atoms with E-state index in [9.17, 15) is 0 Å². The van der Waals surface area contributed by atoms with E-state index in [0.29, 0.717) is 0 Å². The largest absolute Gasteiger partial charge is 0.256 e. The lowest BCUT2D eigenvalue weighted by molar-refractivity contribution is 1.06. The van der Waals surface area contributed by atoms with E-state index in [2.05, 4.69) is 18.1 Å². The van der Waals surface area contributed by atoms with E-state index in [1.807, 2.05) is 6.08 Å². The molecule has 0 fully saturated rings. The molecule has 0 aliphatic heterocycles. The van der Waals surface area contributed by atoms with Crippen molar-refractivity contribution < 1.29 is 4.11 Å². The molecule has 1 heterocycles. The smallest absolute Gasteiger partial charge is 0.0655 e. The van der Waals surface area contributed by atoms with Crippen LogP contribution in [0, 0.1) is 6.85 Å². The molecule has 1 nitrogen and oxygen atoms in total. The first-order chi connectivity index (χ1) is 7.45. The third-order valence-corrected chi connectivity index (χ3v) is 1.78. The minimum atomic E-state index is -2.09. The van der Waals surface area contributed by atoms with Crippen molar-refractivity contribution in [3.8, 4) is 0 Å². The molecule has 1 aromatic heterocycles. The van der Waals surface area contributed by atoms with Crippen LogP contribution < -0.4 is 0 Å². The Kier molecular flexibility index (Phi) is 2.18. The number of hydrogen-bond acceptors (Lipinski definition) is 1. The van der Waals surface area contributed by atoms with E-state index in [-0.39, 0.29) is 5.56 Å². The van der Waals surface area contributed by atoms with Crippen LogP contribution in [0.15, 0.2) is 37.6 Å². The minimum Gasteiger partial charge on any atom is -0.256 e. The van der Waals surface area contributed by atoms with Crippen molar-refractivity contribution >= 4 is 5.57 Å². The molecule has 0 bridgehead atoms. The maximum absolute atomic E-state index is 7.22. The van der Waals surface area contributed by atoms with Gasteiger partial charge >= 0.3 is 0 Å². The van der Waals surface area contributed by atoms with Gasteiger partial charge in [0.05, 0.1) is 5.69 Å². The predicted octanol–water partition coefficient (Wildman–Crippen LogP) is 3.37. The number of pyridine rings is 1. The molecule has 0 N–H and O–H groups in total. The van der Waals surface area contributed by atoms with E-state index in [0.717, 1.165) is 24.1 Å². The molecule has 1 aromatic rings. The van der Waals surface area contributed by atoms with Crippen LogP contribution in [-0.2, 0) is 0 Å². The van der Waals surface area contributed by atoms with Crippen molar-refractivity contribution in [1.82, 2.24) is 4.98 Å². The van der Waals surface area contributed by atoms with Crippen LogP contribution in [0.25, 0.3) is 5.57 Å². The Balaban J connectivity index is 2.79. The lowest BCUT2D eigenvalue weighted by Crippen LogP contribution is -1.87. The lowest BCUT2D eigenvalue weighted by atomic mass is 10.1. The van der Waals surface area contributed by atoms with Gasteiger partial charge in [-0.05, 0) is 36.9 Å². The van der Waals surface area contributed by atoms with Gasteiger partial charge in [0.1, 0.15) is 0 Å². The number of allylic oxidation sites excluding steroid dienone is 2. The van der Waals surface area contributed by atoms with Gasteiger partial charge in [-0.3, -0.25) is 4.98 Å². The normalized spacial score (nSPS) is 14.0. The second kappa shape index (κ2) is 4.61. The van der Waals surface area contributed by atoms with Gasteiger partial charge < -0.3 is 0 Å². The van der Waals surface area contributed by atoms with Crippen molar-refractivity contribution in [3.63, 3.8) is 0 Å². The number of nitrogens with zero attached hydrogens (tertiary/aromatic N) is 1. The average Bonchev–Trinajstić information content (AvgIpc) is 2.25. The fourth-order valence-corrected chi connectivity index (χ4v) is 1.01. The summed E-state index contributed by atoms with van der Waals surface area (Å²) >= 11 is 0. The molecule has 13 heavy (non-hydrogen) atoms. The highest BCUT2D eigenvalue weighted by molar-refractivity contribution is 5.59. The Hall–Kier alpha value is -1.37. The Morgan fingerprint density at radius 3 is 3.08 bits per heavy atom. The van der Waals surface area contributed by atoms with Crippen molar-refractivity contribution in [2.75, 3.05) is 0 Å². The fraction of sp³-hybridized carbons (Fsp3) is 0.250. The van der Waals surface area contributed by atoms with Crippen LogP contribution in [0.5, 0.6) is 0 Å². The lowest BCUT2D eigenvalue weighted by Gasteiger charge is -2.02. The summed E-state index contributed by atoms with van der Waals surface area (Å²) in [7, 11) is 0. The monoisotopic (exact) mass is 176 g/mol. The molecule has 0 spiro atoms. The highest BCUT2D eigenvalue weighted by atomic mass is 14.7. The average molecular weight is 176 g/mol. The van der Waals surface area contributed by atoms with E-state index in [1.54, 1.807) is 12.1 Å². The van der Waals surface area contributed by atoms with Gasteiger partial charge in [0.25, 0.3) is 0 Å². The molecule has 0 radical (unpaired) electrons. The third kappa shape index (κ3) is 2.86. The minimum absolute atomic E-state index is 0.257. The van der Waals surface area contributed by atoms with E-state index in [1.165, 1.54) is 6.20 Å². The van der Waals surface area contributed by atoms with E-state index in [4.69, 9.17) is 4.11 Å². The van der Waals surface area contributed by atoms with Crippen LogP contribution in [0.1, 0.15) is 28.2 Å². The summed E-state index contributed by atoms with van der Waals surface area (Å²) in [5, 5.41) is 0. The molecule has 0 saturated carbocycles. The van der Waals surface area contributed by atoms with Gasteiger partial charge in [-0.25, -0.2) is 0 Å². The number of hydrogen-bond donors (Lipinski definition) is 0. The quantitative estimate of drug-likeness (QED) is 0.641. The summed E-state index contributed by atoms with van der Waals surface area (Å²) in [5.41, 5.74) is 1.90. The van der Waals surface area contributed by atoms with Gasteiger partial charge in [-0.2, -0.15) is 0 Å². The molecular formula is C12H15N. The van der Waals surface area contributed by atoms with Crippen molar-refractivity contribution in [1.29, 1.82) is 0 Å². The molecular weight excluding hydrogens is 158 g/mol. The fourth-order valence-electron chi connectivity index (χ4n) is 1.01. The molecule has 0 atom stereocenters. The van der Waals surface area contributed by atoms with Crippen LogP contribution in [-0.4, -0.2) is 4.98 Å². The van der Waals surface area contributed by atoms with Crippen LogP contribution in [0.2, 0.25) is 0 Å². The molecule has 0 amide bonds. The summed E-state index contributed by atoms with van der Waals surface area (Å²) < 4.78 is 21.7. The molecule has 0 aliphatic carbocycles. The van der Waals surface area contributed by atoms with Crippen molar-refractivity contribution in [2.45, 2.75) is 19.7 Å². The zero-order valence-corrected chi connectivity index (χ0v) is 7.59. The highest BCUT2D eigenvalue weighted by Crippen LogP contribution is 2.15. The first kappa shape index (κ1) is 6.14. The van der Waals surface area contributed by atoms with Crippen LogP contribution in [0.4, 0.5) is 0 Å². The molecule has 68 valence electrons. The first-order valence-electron chi connectivity index (χ1n) is 5.70. The predicted molar refractivity (Wildman–Crippen MR) is 57.4 cm³/mol. The van der Waals surface area contributed by atoms with Gasteiger partial charge in [0.15, 0.2) is 0 Å². The van der Waals surface area contributed by atoms with E-state index < -0.39 is 6.85 Å². The van der Waals surface area contributed by atoms with Crippen LogP contribution >= 0.6 is 0 Å². The molecule has 1 rings (SSSR count). The first-order valence-corrected chi connectivity index (χ1v) is 4.20. The van der Waals surface area contributed by atoms with Gasteiger partial charge in [0.2, 0.25) is 0 Å². The standard InChI is InChI=1S/C12H15N/c1-4-5-6-11(3)12-8-7-10(2)9-13-12/h4,7-9H,1,3,5-6H2,2H3/i2D3. The Morgan fingerprint density at radius 1 is 1.69 bits per heavy atom. The SMILES string of the molecule is [2H]C([2H])([2H])c1ccc(C(=C)CCC=C)nc1. The summed E-state index contributed by atoms with van der Waals surface area (Å²) in [6.07, 6.45) is 4.86. The molecule has 0 unspecified atom stereocenters. The number of aromatic nitrogens is 1. The van der Waals surface area contributed by atoms with Crippen molar-refractivity contribution in [3.05, 3.63) is 48.8 Å². The second-order valence-corrected chi connectivity index (χ2v) is 2.86.